The maximum absolute atomic E-state index is 11.6. The van der Waals surface area contributed by atoms with E-state index in [-0.39, 0.29) is 12.1 Å². The number of rotatable bonds is 3. The van der Waals surface area contributed by atoms with E-state index in [4.69, 9.17) is 16.3 Å². The molecule has 1 aliphatic rings. The quantitative estimate of drug-likeness (QED) is 0.784. The van der Waals surface area contributed by atoms with Gasteiger partial charge in [0.05, 0.1) is 16.4 Å². The van der Waals surface area contributed by atoms with Crippen molar-refractivity contribution in [2.45, 2.75) is 51.3 Å². The van der Waals surface area contributed by atoms with Gasteiger partial charge in [0, 0.05) is 12.1 Å². The van der Waals surface area contributed by atoms with Crippen LogP contribution in [0.2, 0.25) is 5.15 Å². The summed E-state index contributed by atoms with van der Waals surface area (Å²) < 4.78 is 5.99. The van der Waals surface area contributed by atoms with Crippen LogP contribution < -0.4 is 10.6 Å². The van der Waals surface area contributed by atoms with Gasteiger partial charge in [0.25, 0.3) is 0 Å². The van der Waals surface area contributed by atoms with Crippen molar-refractivity contribution in [2.75, 3.05) is 5.32 Å². The summed E-state index contributed by atoms with van der Waals surface area (Å²) in [7, 11) is 0. The van der Waals surface area contributed by atoms with Gasteiger partial charge in [-0.1, -0.05) is 11.6 Å². The summed E-state index contributed by atoms with van der Waals surface area (Å²) >= 11 is 9.19. The van der Waals surface area contributed by atoms with E-state index < -0.39 is 5.60 Å². The number of amides is 1. The molecule has 7 heteroatoms. The minimum atomic E-state index is -0.466. The van der Waals surface area contributed by atoms with Crippen LogP contribution in [0.15, 0.2) is 16.7 Å². The first kappa shape index (κ1) is 16.4. The van der Waals surface area contributed by atoms with Crippen LogP contribution in [0.3, 0.4) is 0 Å². The van der Waals surface area contributed by atoms with Gasteiger partial charge in [0.1, 0.15) is 10.8 Å². The molecule has 0 unspecified atom stereocenters. The Kier molecular flexibility index (Phi) is 4.99. The lowest BCUT2D eigenvalue weighted by Crippen LogP contribution is -2.50. The predicted molar refractivity (Wildman–Crippen MR) is 86.7 cm³/mol. The average molecular weight is 377 g/mol. The Hall–Kier alpha value is -1.01. The highest BCUT2D eigenvalue weighted by Gasteiger charge is 2.31. The average Bonchev–Trinajstić information content (AvgIpc) is 2.28. The number of halogens is 2. The first-order valence-corrected chi connectivity index (χ1v) is 7.97. The summed E-state index contributed by atoms with van der Waals surface area (Å²) in [5.41, 5.74) is 0.444. The maximum atomic E-state index is 11.6. The Bertz CT molecular complexity index is 527. The third kappa shape index (κ3) is 5.04. The van der Waals surface area contributed by atoms with Crippen LogP contribution in [-0.4, -0.2) is 28.8 Å². The number of aromatic nitrogens is 1. The molecule has 0 atom stereocenters. The standard InChI is InChI=1S/C14H19BrClN3O2/c1-14(2,3)21-13(20)19-9-4-8(5-9)18-10-6-11(15)12(16)17-7-10/h6-9,18H,4-5H2,1-3H3,(H,19,20). The Morgan fingerprint density at radius 3 is 2.67 bits per heavy atom. The van der Waals surface area contributed by atoms with Crippen LogP contribution in [0.4, 0.5) is 10.5 Å². The normalized spacial score (nSPS) is 21.4. The van der Waals surface area contributed by atoms with Gasteiger partial charge in [0.15, 0.2) is 0 Å². The fraction of sp³-hybridized carbons (Fsp3) is 0.571. The number of pyridine rings is 1. The largest absolute Gasteiger partial charge is 0.444 e. The molecule has 1 heterocycles. The number of anilines is 1. The maximum Gasteiger partial charge on any atom is 0.407 e. The zero-order chi connectivity index (χ0) is 15.6. The van der Waals surface area contributed by atoms with Crippen molar-refractivity contribution in [1.82, 2.24) is 10.3 Å². The topological polar surface area (TPSA) is 63.2 Å². The number of carbonyl (C=O) groups is 1. The number of hydrogen-bond acceptors (Lipinski definition) is 4. The summed E-state index contributed by atoms with van der Waals surface area (Å²) in [5.74, 6) is 0. The van der Waals surface area contributed by atoms with E-state index in [0.29, 0.717) is 11.2 Å². The first-order valence-electron chi connectivity index (χ1n) is 6.80. The van der Waals surface area contributed by atoms with Crippen molar-refractivity contribution in [3.05, 3.63) is 21.9 Å². The molecule has 5 nitrogen and oxygen atoms in total. The van der Waals surface area contributed by atoms with E-state index in [2.05, 4.69) is 31.5 Å². The molecule has 1 aromatic rings. The van der Waals surface area contributed by atoms with E-state index in [0.717, 1.165) is 23.0 Å². The molecule has 116 valence electrons. The first-order chi connectivity index (χ1) is 9.73. The van der Waals surface area contributed by atoms with Gasteiger partial charge in [0.2, 0.25) is 0 Å². The zero-order valence-corrected chi connectivity index (χ0v) is 14.6. The molecule has 0 radical (unpaired) electrons. The number of carbonyl (C=O) groups excluding carboxylic acids is 1. The monoisotopic (exact) mass is 375 g/mol. The van der Waals surface area contributed by atoms with Gasteiger partial charge in [-0.3, -0.25) is 0 Å². The van der Waals surface area contributed by atoms with Gasteiger partial charge in [-0.2, -0.15) is 0 Å². The molecule has 2 N–H and O–H groups in total. The van der Waals surface area contributed by atoms with Crippen molar-refractivity contribution in [3.8, 4) is 0 Å². The summed E-state index contributed by atoms with van der Waals surface area (Å²) in [6.07, 6.45) is 3.06. The number of nitrogens with zero attached hydrogens (tertiary/aromatic N) is 1. The van der Waals surface area contributed by atoms with Crippen LogP contribution >= 0.6 is 27.5 Å². The van der Waals surface area contributed by atoms with Crippen LogP contribution in [0.25, 0.3) is 0 Å². The molecule has 1 fully saturated rings. The molecule has 1 saturated carbocycles. The highest BCUT2D eigenvalue weighted by molar-refractivity contribution is 9.10. The van der Waals surface area contributed by atoms with Crippen LogP contribution in [0, 0.1) is 0 Å². The Morgan fingerprint density at radius 2 is 2.10 bits per heavy atom. The number of nitrogens with one attached hydrogen (secondary N) is 2. The highest BCUT2D eigenvalue weighted by Crippen LogP contribution is 2.27. The summed E-state index contributed by atoms with van der Waals surface area (Å²) in [4.78, 5) is 15.7. The molecular weight excluding hydrogens is 358 g/mol. The van der Waals surface area contributed by atoms with Crippen molar-refractivity contribution < 1.29 is 9.53 Å². The molecule has 0 saturated heterocycles. The SMILES string of the molecule is CC(C)(C)OC(=O)NC1CC(Nc2cnc(Cl)c(Br)c2)C1. The summed E-state index contributed by atoms with van der Waals surface area (Å²) in [6.45, 7) is 5.55. The van der Waals surface area contributed by atoms with Crippen LogP contribution in [-0.2, 0) is 4.74 Å². The predicted octanol–water partition coefficient (Wildman–Crippen LogP) is 3.97. The second-order valence-electron chi connectivity index (χ2n) is 6.15. The minimum absolute atomic E-state index is 0.154. The van der Waals surface area contributed by atoms with Gasteiger partial charge in [-0.05, 0) is 55.6 Å². The molecule has 1 aromatic heterocycles. The highest BCUT2D eigenvalue weighted by atomic mass is 79.9. The van der Waals surface area contributed by atoms with E-state index >= 15 is 0 Å². The lowest BCUT2D eigenvalue weighted by atomic mass is 9.87. The third-order valence-corrected chi connectivity index (χ3v) is 4.16. The van der Waals surface area contributed by atoms with E-state index in [1.165, 1.54) is 0 Å². The molecule has 2 rings (SSSR count). The summed E-state index contributed by atoms with van der Waals surface area (Å²) in [5, 5.41) is 6.66. The van der Waals surface area contributed by atoms with Crippen molar-refractivity contribution in [3.63, 3.8) is 0 Å². The number of hydrogen-bond donors (Lipinski definition) is 2. The van der Waals surface area contributed by atoms with Crippen molar-refractivity contribution >= 4 is 39.3 Å². The zero-order valence-electron chi connectivity index (χ0n) is 12.2. The Labute approximate surface area is 137 Å². The van der Waals surface area contributed by atoms with E-state index in [1.807, 2.05) is 26.8 Å². The Morgan fingerprint density at radius 1 is 1.43 bits per heavy atom. The van der Waals surface area contributed by atoms with Gasteiger partial charge in [-0.15, -0.1) is 0 Å². The van der Waals surface area contributed by atoms with Crippen LogP contribution in [0.1, 0.15) is 33.6 Å². The van der Waals surface area contributed by atoms with E-state index in [1.54, 1.807) is 6.20 Å². The molecule has 0 spiro atoms. The molecular formula is C14H19BrClN3O2. The Balaban J connectivity index is 1.74. The lowest BCUT2D eigenvalue weighted by molar-refractivity contribution is 0.0475. The smallest absolute Gasteiger partial charge is 0.407 e. The van der Waals surface area contributed by atoms with Crippen molar-refractivity contribution in [1.29, 1.82) is 0 Å². The molecule has 1 amide bonds. The van der Waals surface area contributed by atoms with E-state index in [9.17, 15) is 4.79 Å². The van der Waals surface area contributed by atoms with Gasteiger partial charge in [-0.25, -0.2) is 9.78 Å². The fourth-order valence-electron chi connectivity index (χ4n) is 2.06. The lowest BCUT2D eigenvalue weighted by Gasteiger charge is -2.37. The second-order valence-corrected chi connectivity index (χ2v) is 7.36. The number of alkyl carbamates (subject to hydrolysis) is 1. The van der Waals surface area contributed by atoms with Gasteiger partial charge < -0.3 is 15.4 Å². The van der Waals surface area contributed by atoms with Gasteiger partial charge >= 0.3 is 6.09 Å². The molecule has 0 bridgehead atoms. The minimum Gasteiger partial charge on any atom is -0.444 e. The van der Waals surface area contributed by atoms with Crippen LogP contribution in [0.5, 0.6) is 0 Å². The fourth-order valence-corrected chi connectivity index (χ4v) is 2.52. The molecule has 0 aromatic carbocycles. The molecule has 21 heavy (non-hydrogen) atoms. The van der Waals surface area contributed by atoms with Crippen molar-refractivity contribution in [2.24, 2.45) is 0 Å². The summed E-state index contributed by atoms with van der Waals surface area (Å²) in [6, 6.07) is 2.37. The molecule has 1 aliphatic carbocycles. The third-order valence-electron chi connectivity index (χ3n) is 3.03. The second kappa shape index (κ2) is 6.40. The number of ether oxygens (including phenoxy) is 1. The molecule has 0 aliphatic heterocycles.